The lowest BCUT2D eigenvalue weighted by Gasteiger charge is -2.53. The molecule has 3 aliphatic rings. The number of aliphatic hydroxyl groups excluding tert-OH is 1. The second kappa shape index (κ2) is 5.43. The van der Waals surface area contributed by atoms with Crippen molar-refractivity contribution in [3.63, 3.8) is 0 Å². The number of carbonyl (C=O) groups excluding carboxylic acids is 1. The van der Waals surface area contributed by atoms with Crippen molar-refractivity contribution in [1.29, 1.82) is 0 Å². The summed E-state index contributed by atoms with van der Waals surface area (Å²) in [6.45, 7) is 2.65. The molecule has 0 unspecified atom stereocenters. The molecule has 1 aromatic carbocycles. The van der Waals surface area contributed by atoms with Crippen LogP contribution in [0.15, 0.2) is 24.3 Å². The molecule has 0 radical (unpaired) electrons. The van der Waals surface area contributed by atoms with Gasteiger partial charge in [-0.25, -0.2) is 0 Å². The number of hydrogen-bond donors (Lipinski definition) is 1. The highest BCUT2D eigenvalue weighted by atomic mass is 16.5. The van der Waals surface area contributed by atoms with Crippen LogP contribution in [0.25, 0.3) is 0 Å². The summed E-state index contributed by atoms with van der Waals surface area (Å²) in [6.07, 6.45) is 3.99. The summed E-state index contributed by atoms with van der Waals surface area (Å²) in [5, 5.41) is 9.13. The fourth-order valence-corrected chi connectivity index (χ4v) is 3.49. The summed E-state index contributed by atoms with van der Waals surface area (Å²) in [5.74, 6) is -0.216. The monoisotopic (exact) mass is 290 g/mol. The van der Waals surface area contributed by atoms with Gasteiger partial charge >= 0.3 is 5.97 Å². The Morgan fingerprint density at radius 1 is 1.24 bits per heavy atom. The number of carbonyl (C=O) groups is 1. The smallest absolute Gasteiger partial charge is 0.302 e. The first-order valence-electron chi connectivity index (χ1n) is 7.55. The van der Waals surface area contributed by atoms with Gasteiger partial charge in [-0.15, -0.1) is 0 Å². The van der Waals surface area contributed by atoms with E-state index in [0.29, 0.717) is 13.2 Å². The molecule has 4 heteroatoms. The van der Waals surface area contributed by atoms with E-state index in [2.05, 4.69) is 12.1 Å². The molecule has 0 atom stereocenters. The average Bonchev–Trinajstić information content (AvgIpc) is 2.55. The summed E-state index contributed by atoms with van der Waals surface area (Å²) < 4.78 is 11.4. The van der Waals surface area contributed by atoms with Gasteiger partial charge in [0.1, 0.15) is 0 Å². The molecule has 1 aliphatic carbocycles. The van der Waals surface area contributed by atoms with Crippen LogP contribution in [0.3, 0.4) is 0 Å². The number of esters is 1. The maximum Gasteiger partial charge on any atom is 0.302 e. The highest BCUT2D eigenvalue weighted by Gasteiger charge is 2.51. The number of fused-ring (bicyclic) bond motifs is 3. The molecule has 114 valence electrons. The summed E-state index contributed by atoms with van der Waals surface area (Å²) in [5.41, 5.74) is 1.94. The van der Waals surface area contributed by atoms with Gasteiger partial charge in [0, 0.05) is 12.3 Å². The maximum atomic E-state index is 11.0. The molecule has 1 saturated carbocycles. The van der Waals surface area contributed by atoms with Crippen LogP contribution in [0.5, 0.6) is 0 Å². The highest BCUT2D eigenvalue weighted by molar-refractivity contribution is 5.65. The highest BCUT2D eigenvalue weighted by Crippen LogP contribution is 2.53. The number of rotatable bonds is 4. The van der Waals surface area contributed by atoms with E-state index in [9.17, 15) is 4.79 Å². The van der Waals surface area contributed by atoms with Crippen molar-refractivity contribution < 1.29 is 19.4 Å². The Balaban J connectivity index is 1.71. The molecule has 2 aliphatic heterocycles. The first-order valence-corrected chi connectivity index (χ1v) is 7.55. The molecule has 4 nitrogen and oxygen atoms in total. The minimum Gasteiger partial charge on any atom is -0.465 e. The molecule has 3 fully saturated rings. The number of ether oxygens (including phenoxy) is 2. The zero-order valence-corrected chi connectivity index (χ0v) is 12.4. The zero-order chi connectivity index (χ0) is 14.9. The van der Waals surface area contributed by atoms with Gasteiger partial charge in [-0.1, -0.05) is 24.3 Å². The van der Waals surface area contributed by atoms with Gasteiger partial charge in [-0.3, -0.25) is 4.79 Å². The van der Waals surface area contributed by atoms with Gasteiger partial charge in [0.15, 0.2) is 0 Å². The number of hydrogen-bond acceptors (Lipinski definition) is 4. The molecule has 4 rings (SSSR count). The summed E-state index contributed by atoms with van der Waals surface area (Å²) in [4.78, 5) is 11.0. The first kappa shape index (κ1) is 14.5. The molecule has 0 amide bonds. The van der Waals surface area contributed by atoms with Crippen molar-refractivity contribution in [3.8, 4) is 0 Å². The molecular weight excluding hydrogens is 268 g/mol. The van der Waals surface area contributed by atoms with Crippen LogP contribution in [0.2, 0.25) is 0 Å². The SMILES string of the molecule is CC(=O)OCC12CCC(c3ccc(CO)cc3)(CC1)OC2. The fourth-order valence-electron chi connectivity index (χ4n) is 3.49. The van der Waals surface area contributed by atoms with Gasteiger partial charge in [0.2, 0.25) is 0 Å². The zero-order valence-electron chi connectivity index (χ0n) is 12.4. The molecule has 0 spiro atoms. The lowest BCUT2D eigenvalue weighted by atomic mass is 9.64. The van der Waals surface area contributed by atoms with E-state index in [0.717, 1.165) is 31.2 Å². The third-order valence-corrected chi connectivity index (χ3v) is 5.02. The third kappa shape index (κ3) is 2.70. The van der Waals surface area contributed by atoms with Crippen molar-refractivity contribution in [2.75, 3.05) is 13.2 Å². The quantitative estimate of drug-likeness (QED) is 0.866. The number of benzene rings is 1. The Morgan fingerprint density at radius 2 is 1.90 bits per heavy atom. The Hall–Kier alpha value is -1.39. The van der Waals surface area contributed by atoms with Crippen molar-refractivity contribution in [2.24, 2.45) is 5.41 Å². The molecule has 21 heavy (non-hydrogen) atoms. The summed E-state index contributed by atoms with van der Waals surface area (Å²) in [6, 6.07) is 8.05. The predicted octanol–water partition coefficient (Wildman–Crippen LogP) is 2.53. The Kier molecular flexibility index (Phi) is 3.76. The largest absolute Gasteiger partial charge is 0.465 e. The van der Waals surface area contributed by atoms with E-state index in [4.69, 9.17) is 14.6 Å². The van der Waals surface area contributed by atoms with Crippen LogP contribution in [-0.2, 0) is 26.5 Å². The van der Waals surface area contributed by atoms with Crippen LogP contribution in [0, 0.1) is 5.41 Å². The van der Waals surface area contributed by atoms with E-state index in [1.807, 2.05) is 12.1 Å². The molecule has 2 saturated heterocycles. The van der Waals surface area contributed by atoms with Gasteiger partial charge < -0.3 is 14.6 Å². The van der Waals surface area contributed by atoms with Gasteiger partial charge in [-0.2, -0.15) is 0 Å². The molecule has 2 heterocycles. The molecule has 2 bridgehead atoms. The van der Waals surface area contributed by atoms with Gasteiger partial charge in [0.05, 0.1) is 25.4 Å². The third-order valence-electron chi connectivity index (χ3n) is 5.02. The first-order chi connectivity index (χ1) is 10.1. The Bertz CT molecular complexity index is 496. The van der Waals surface area contributed by atoms with E-state index >= 15 is 0 Å². The topological polar surface area (TPSA) is 55.8 Å². The van der Waals surface area contributed by atoms with E-state index < -0.39 is 0 Å². The Morgan fingerprint density at radius 3 is 2.38 bits per heavy atom. The van der Waals surface area contributed by atoms with Crippen LogP contribution in [-0.4, -0.2) is 24.3 Å². The predicted molar refractivity (Wildman–Crippen MR) is 77.5 cm³/mol. The van der Waals surface area contributed by atoms with E-state index in [1.54, 1.807) is 0 Å². The second-order valence-electron chi connectivity index (χ2n) is 6.42. The second-order valence-corrected chi connectivity index (χ2v) is 6.42. The molecule has 0 aromatic heterocycles. The van der Waals surface area contributed by atoms with Crippen LogP contribution < -0.4 is 0 Å². The average molecular weight is 290 g/mol. The Labute approximate surface area is 125 Å². The van der Waals surface area contributed by atoms with Crippen molar-refractivity contribution in [1.82, 2.24) is 0 Å². The summed E-state index contributed by atoms with van der Waals surface area (Å²) in [7, 11) is 0. The van der Waals surface area contributed by atoms with E-state index in [1.165, 1.54) is 12.5 Å². The maximum absolute atomic E-state index is 11.0. The number of aliphatic hydroxyl groups is 1. The van der Waals surface area contributed by atoms with Crippen LogP contribution >= 0.6 is 0 Å². The summed E-state index contributed by atoms with van der Waals surface area (Å²) >= 11 is 0. The lowest BCUT2D eigenvalue weighted by molar-refractivity contribution is -0.205. The minimum absolute atomic E-state index is 0.0124. The normalized spacial score (nSPS) is 31.1. The van der Waals surface area contributed by atoms with E-state index in [-0.39, 0.29) is 23.6 Å². The van der Waals surface area contributed by atoms with Crippen molar-refractivity contribution in [2.45, 2.75) is 44.8 Å². The minimum atomic E-state index is -0.216. The van der Waals surface area contributed by atoms with Crippen molar-refractivity contribution >= 4 is 5.97 Å². The van der Waals surface area contributed by atoms with Crippen LogP contribution in [0.1, 0.15) is 43.7 Å². The van der Waals surface area contributed by atoms with Gasteiger partial charge in [-0.05, 0) is 36.8 Å². The molecule has 1 aromatic rings. The van der Waals surface area contributed by atoms with Crippen LogP contribution in [0.4, 0.5) is 0 Å². The molecule has 1 N–H and O–H groups in total. The lowest BCUT2D eigenvalue weighted by Crippen LogP contribution is -2.51. The molecular formula is C17H22O4. The van der Waals surface area contributed by atoms with Crippen molar-refractivity contribution in [3.05, 3.63) is 35.4 Å². The van der Waals surface area contributed by atoms with Gasteiger partial charge in [0.25, 0.3) is 0 Å². The fraction of sp³-hybridized carbons (Fsp3) is 0.588. The standard InChI is InChI=1S/C17H22O4/c1-13(19)20-11-16-6-8-17(9-7-16,21-12-16)15-4-2-14(10-18)3-5-15/h2-5,18H,6-12H2,1H3.